The molecule has 0 aliphatic heterocycles. The van der Waals surface area contributed by atoms with Gasteiger partial charge in [0.25, 0.3) is 0 Å². The lowest BCUT2D eigenvalue weighted by Crippen LogP contribution is -2.44. The Kier molecular flexibility index (Phi) is 14.2. The van der Waals surface area contributed by atoms with Crippen LogP contribution in [0, 0.1) is 0 Å². The minimum atomic E-state index is 0. The molecule has 1 fully saturated rings. The topological polar surface area (TPSA) is 74.8 Å². The van der Waals surface area contributed by atoms with Crippen LogP contribution in [0.1, 0.15) is 38.5 Å². The normalized spacial score (nSPS) is 15.4. The Morgan fingerprint density at radius 3 is 2.70 bits per heavy atom. The quantitative estimate of drug-likeness (QED) is 0.169. The highest BCUT2D eigenvalue weighted by Gasteiger charge is 2.14. The lowest BCUT2D eigenvalue weighted by molar-refractivity contribution is -0.121. The van der Waals surface area contributed by atoms with E-state index in [4.69, 9.17) is 4.74 Å². The first-order valence-electron chi connectivity index (χ1n) is 8.17. The van der Waals surface area contributed by atoms with Crippen molar-refractivity contribution in [3.8, 4) is 0 Å². The Labute approximate surface area is 156 Å². The number of hydrogen-bond donors (Lipinski definition) is 3. The number of halogens is 1. The summed E-state index contributed by atoms with van der Waals surface area (Å²) in [7, 11) is 1.62. The van der Waals surface area contributed by atoms with Crippen molar-refractivity contribution in [3.05, 3.63) is 12.7 Å². The van der Waals surface area contributed by atoms with Gasteiger partial charge in [-0.1, -0.05) is 25.3 Å². The van der Waals surface area contributed by atoms with Crippen molar-refractivity contribution in [1.29, 1.82) is 0 Å². The average molecular weight is 438 g/mol. The number of carbonyl (C=O) groups excluding carboxylic acids is 1. The second-order valence-electron chi connectivity index (χ2n) is 5.47. The highest BCUT2D eigenvalue weighted by Crippen LogP contribution is 2.17. The molecule has 0 saturated heterocycles. The van der Waals surface area contributed by atoms with Crippen LogP contribution in [-0.4, -0.2) is 51.3 Å². The maximum Gasteiger partial charge on any atom is 0.221 e. The van der Waals surface area contributed by atoms with E-state index < -0.39 is 0 Å². The van der Waals surface area contributed by atoms with Crippen LogP contribution in [0.4, 0.5) is 0 Å². The number of hydrogen-bond acceptors (Lipinski definition) is 3. The molecule has 1 rings (SSSR count). The van der Waals surface area contributed by atoms with Gasteiger partial charge >= 0.3 is 0 Å². The number of nitrogens with one attached hydrogen (secondary N) is 3. The van der Waals surface area contributed by atoms with Crippen molar-refractivity contribution < 1.29 is 9.53 Å². The second-order valence-corrected chi connectivity index (χ2v) is 5.47. The summed E-state index contributed by atoms with van der Waals surface area (Å²) < 4.78 is 4.89. The first-order valence-corrected chi connectivity index (χ1v) is 8.17. The average Bonchev–Trinajstić information content (AvgIpc) is 2.53. The molecule has 0 atom stereocenters. The smallest absolute Gasteiger partial charge is 0.221 e. The lowest BCUT2D eigenvalue weighted by atomic mass is 9.96. The second kappa shape index (κ2) is 14.7. The molecule has 6 nitrogen and oxygen atoms in total. The van der Waals surface area contributed by atoms with Crippen molar-refractivity contribution >= 4 is 35.8 Å². The van der Waals surface area contributed by atoms with Crippen molar-refractivity contribution in [2.45, 2.75) is 44.6 Å². The lowest BCUT2D eigenvalue weighted by Gasteiger charge is -2.24. The molecular formula is C16H31IN4O2. The molecule has 1 aliphatic carbocycles. The summed E-state index contributed by atoms with van der Waals surface area (Å²) in [5.41, 5.74) is 0. The molecule has 1 amide bonds. The molecule has 0 bridgehead atoms. The molecular weight excluding hydrogens is 407 g/mol. The third kappa shape index (κ3) is 11.4. The standard InChI is InChI=1S/C16H30N4O2.HI/c1-3-10-18-16(20-14-7-5-4-6-8-14)19-11-9-15(21)17-12-13-22-2;/h3,14H,1,4-13H2,2H3,(H,17,21)(H2,18,19,20);1H. The molecule has 0 heterocycles. The maximum atomic E-state index is 11.6. The van der Waals surface area contributed by atoms with Crippen molar-refractivity contribution in [2.75, 3.05) is 33.4 Å². The van der Waals surface area contributed by atoms with Crippen molar-refractivity contribution in [2.24, 2.45) is 4.99 Å². The fraction of sp³-hybridized carbons (Fsp3) is 0.750. The number of methoxy groups -OCH3 is 1. The number of aliphatic imine (C=N–C) groups is 1. The van der Waals surface area contributed by atoms with Crippen molar-refractivity contribution in [1.82, 2.24) is 16.0 Å². The number of rotatable bonds is 9. The first-order chi connectivity index (χ1) is 10.8. The summed E-state index contributed by atoms with van der Waals surface area (Å²) in [6, 6.07) is 0.486. The molecule has 1 aliphatic rings. The molecule has 0 spiro atoms. The Morgan fingerprint density at radius 2 is 2.04 bits per heavy atom. The van der Waals surface area contributed by atoms with Crippen LogP contribution in [0.5, 0.6) is 0 Å². The fourth-order valence-electron chi connectivity index (χ4n) is 2.41. The fourth-order valence-corrected chi connectivity index (χ4v) is 2.41. The minimum absolute atomic E-state index is 0. The summed E-state index contributed by atoms with van der Waals surface area (Å²) in [6.45, 7) is 5.92. The zero-order chi connectivity index (χ0) is 16.0. The summed E-state index contributed by atoms with van der Waals surface area (Å²) in [6.07, 6.45) is 8.43. The monoisotopic (exact) mass is 438 g/mol. The van der Waals surface area contributed by atoms with E-state index >= 15 is 0 Å². The molecule has 1 saturated carbocycles. The van der Waals surface area contributed by atoms with E-state index in [1.165, 1.54) is 32.1 Å². The summed E-state index contributed by atoms with van der Waals surface area (Å²) >= 11 is 0. The predicted molar refractivity (Wildman–Crippen MR) is 105 cm³/mol. The van der Waals surface area contributed by atoms with E-state index in [2.05, 4.69) is 27.5 Å². The van der Waals surface area contributed by atoms with Gasteiger partial charge in [0.1, 0.15) is 0 Å². The number of carbonyl (C=O) groups is 1. The number of amides is 1. The summed E-state index contributed by atoms with van der Waals surface area (Å²) in [5.74, 6) is 0.776. The van der Waals surface area contributed by atoms with Gasteiger partial charge in [0.05, 0.1) is 13.2 Å². The predicted octanol–water partition coefficient (Wildman–Crippen LogP) is 1.81. The van der Waals surface area contributed by atoms with Gasteiger partial charge in [0.2, 0.25) is 5.91 Å². The van der Waals surface area contributed by atoms with Crippen LogP contribution in [0.3, 0.4) is 0 Å². The summed E-state index contributed by atoms with van der Waals surface area (Å²) in [5, 5.41) is 9.46. The van der Waals surface area contributed by atoms with E-state index in [-0.39, 0.29) is 29.9 Å². The van der Waals surface area contributed by atoms with Crippen LogP contribution in [-0.2, 0) is 9.53 Å². The Morgan fingerprint density at radius 1 is 1.30 bits per heavy atom. The van der Waals surface area contributed by atoms with Gasteiger partial charge in [0.15, 0.2) is 5.96 Å². The highest BCUT2D eigenvalue weighted by molar-refractivity contribution is 14.0. The van der Waals surface area contributed by atoms with Crippen molar-refractivity contribution in [3.63, 3.8) is 0 Å². The molecule has 23 heavy (non-hydrogen) atoms. The third-order valence-corrected chi connectivity index (χ3v) is 3.60. The van der Waals surface area contributed by atoms with Gasteiger partial charge in [-0.3, -0.25) is 9.79 Å². The zero-order valence-corrected chi connectivity index (χ0v) is 16.4. The zero-order valence-electron chi connectivity index (χ0n) is 14.1. The summed E-state index contributed by atoms with van der Waals surface area (Å²) in [4.78, 5) is 16.1. The van der Waals surface area contributed by atoms with Gasteiger partial charge in [-0.15, -0.1) is 30.6 Å². The van der Waals surface area contributed by atoms with Gasteiger partial charge in [-0.25, -0.2) is 0 Å². The van der Waals surface area contributed by atoms with Crippen LogP contribution >= 0.6 is 24.0 Å². The molecule has 0 unspecified atom stereocenters. The molecule has 7 heteroatoms. The number of guanidine groups is 1. The number of ether oxygens (including phenoxy) is 1. The van der Waals surface area contributed by atoms with Gasteiger partial charge in [-0.05, 0) is 12.8 Å². The highest BCUT2D eigenvalue weighted by atomic mass is 127. The van der Waals surface area contributed by atoms with Gasteiger partial charge in [0, 0.05) is 32.7 Å². The van der Waals surface area contributed by atoms with Crippen LogP contribution in [0.2, 0.25) is 0 Å². The molecule has 134 valence electrons. The Hall–Kier alpha value is -0.830. The van der Waals surface area contributed by atoms with E-state index in [9.17, 15) is 4.79 Å². The molecule has 3 N–H and O–H groups in total. The number of nitrogens with zero attached hydrogens (tertiary/aromatic N) is 1. The van der Waals surface area contributed by atoms with Crippen LogP contribution in [0.15, 0.2) is 17.6 Å². The Bertz CT molecular complexity index is 358. The first kappa shape index (κ1) is 22.2. The Balaban J connectivity index is 0.00000484. The molecule has 0 aromatic rings. The minimum Gasteiger partial charge on any atom is -0.383 e. The van der Waals surface area contributed by atoms with Gasteiger partial charge < -0.3 is 20.7 Å². The third-order valence-electron chi connectivity index (χ3n) is 3.60. The van der Waals surface area contributed by atoms with E-state index in [0.29, 0.717) is 38.7 Å². The molecule has 0 aromatic heterocycles. The molecule has 0 aromatic carbocycles. The van der Waals surface area contributed by atoms with Gasteiger partial charge in [-0.2, -0.15) is 0 Å². The van der Waals surface area contributed by atoms with Crippen LogP contribution in [0.25, 0.3) is 0 Å². The van der Waals surface area contributed by atoms with E-state index in [0.717, 1.165) is 5.96 Å². The SMILES string of the molecule is C=CCNC(=NCCC(=O)NCCOC)NC1CCCCC1.I. The molecule has 0 radical (unpaired) electrons. The maximum absolute atomic E-state index is 11.6. The van der Waals surface area contributed by atoms with E-state index in [1.54, 1.807) is 13.2 Å². The largest absolute Gasteiger partial charge is 0.383 e. The van der Waals surface area contributed by atoms with E-state index in [1.807, 2.05) is 0 Å². The van der Waals surface area contributed by atoms with Crippen LogP contribution < -0.4 is 16.0 Å².